The minimum Gasteiger partial charge on any atom is -0.475 e. The zero-order valence-corrected chi connectivity index (χ0v) is 9.32. The van der Waals surface area contributed by atoms with Crippen molar-refractivity contribution in [3.8, 4) is 5.88 Å². The van der Waals surface area contributed by atoms with Crippen molar-refractivity contribution in [2.75, 3.05) is 25.6 Å². The van der Waals surface area contributed by atoms with Crippen LogP contribution < -0.4 is 10.1 Å². The van der Waals surface area contributed by atoms with Crippen molar-refractivity contribution < 1.29 is 9.84 Å². The summed E-state index contributed by atoms with van der Waals surface area (Å²) in [6.07, 6.45) is 1.45. The number of hydrogen-bond acceptors (Lipinski definition) is 5. The smallest absolute Gasteiger partial charge is 0.222 e. The largest absolute Gasteiger partial charge is 0.475 e. The molecule has 0 saturated carbocycles. The predicted molar refractivity (Wildman–Crippen MR) is 58.2 cm³/mol. The van der Waals surface area contributed by atoms with Crippen molar-refractivity contribution in [1.82, 2.24) is 9.97 Å². The highest BCUT2D eigenvalue weighted by molar-refractivity contribution is 5.50. The fourth-order valence-corrected chi connectivity index (χ4v) is 1.36. The average Bonchev–Trinajstić information content (AvgIpc) is 2.25. The SMILES string of the molecule is CNc1ncnc(OCCO)c1C(C)C. The first-order valence-corrected chi connectivity index (χ1v) is 4.97. The molecule has 0 aliphatic carbocycles. The van der Waals surface area contributed by atoms with Crippen LogP contribution in [0.25, 0.3) is 0 Å². The maximum atomic E-state index is 8.70. The Bertz CT molecular complexity index is 316. The summed E-state index contributed by atoms with van der Waals surface area (Å²) >= 11 is 0. The van der Waals surface area contributed by atoms with Gasteiger partial charge in [0.05, 0.1) is 12.2 Å². The van der Waals surface area contributed by atoms with Crippen LogP contribution in [0.5, 0.6) is 5.88 Å². The fourth-order valence-electron chi connectivity index (χ4n) is 1.36. The summed E-state index contributed by atoms with van der Waals surface area (Å²) in [5.74, 6) is 1.58. The molecule has 15 heavy (non-hydrogen) atoms. The van der Waals surface area contributed by atoms with Gasteiger partial charge in [0.15, 0.2) is 0 Å². The van der Waals surface area contributed by atoms with Crippen LogP contribution in [0.1, 0.15) is 25.3 Å². The van der Waals surface area contributed by atoms with Crippen LogP contribution in [0, 0.1) is 0 Å². The molecule has 84 valence electrons. The van der Waals surface area contributed by atoms with Gasteiger partial charge in [-0.05, 0) is 5.92 Å². The number of aliphatic hydroxyl groups is 1. The highest BCUT2D eigenvalue weighted by Gasteiger charge is 2.14. The number of ether oxygens (including phenoxy) is 1. The second-order valence-corrected chi connectivity index (χ2v) is 3.42. The van der Waals surface area contributed by atoms with E-state index in [2.05, 4.69) is 15.3 Å². The Morgan fingerprint density at radius 2 is 2.20 bits per heavy atom. The maximum absolute atomic E-state index is 8.70. The monoisotopic (exact) mass is 211 g/mol. The minimum absolute atomic E-state index is 0.0174. The second-order valence-electron chi connectivity index (χ2n) is 3.42. The van der Waals surface area contributed by atoms with Gasteiger partial charge in [0.1, 0.15) is 18.8 Å². The van der Waals surface area contributed by atoms with Crippen molar-refractivity contribution in [2.24, 2.45) is 0 Å². The van der Waals surface area contributed by atoms with Crippen LogP contribution in [-0.2, 0) is 0 Å². The summed E-state index contributed by atoms with van der Waals surface area (Å²) in [4.78, 5) is 8.18. The van der Waals surface area contributed by atoms with E-state index in [1.54, 1.807) is 0 Å². The normalized spacial score (nSPS) is 10.5. The molecule has 1 aromatic heterocycles. The molecule has 0 radical (unpaired) electrons. The molecular weight excluding hydrogens is 194 g/mol. The van der Waals surface area contributed by atoms with E-state index < -0.39 is 0 Å². The molecule has 0 spiro atoms. The van der Waals surface area contributed by atoms with Gasteiger partial charge >= 0.3 is 0 Å². The van der Waals surface area contributed by atoms with Crippen LogP contribution in [-0.4, -0.2) is 35.3 Å². The molecule has 5 nitrogen and oxygen atoms in total. The Kier molecular flexibility index (Phi) is 4.30. The molecule has 1 aromatic rings. The van der Waals surface area contributed by atoms with Gasteiger partial charge in [-0.15, -0.1) is 0 Å². The number of aromatic nitrogens is 2. The van der Waals surface area contributed by atoms with Crippen molar-refractivity contribution in [3.05, 3.63) is 11.9 Å². The van der Waals surface area contributed by atoms with E-state index in [1.807, 2.05) is 20.9 Å². The molecule has 0 unspecified atom stereocenters. The van der Waals surface area contributed by atoms with E-state index in [9.17, 15) is 0 Å². The number of hydrogen-bond donors (Lipinski definition) is 2. The summed E-state index contributed by atoms with van der Waals surface area (Å²) in [6.45, 7) is 4.33. The van der Waals surface area contributed by atoms with Crippen molar-refractivity contribution >= 4 is 5.82 Å². The Hall–Kier alpha value is -1.36. The molecule has 0 aliphatic rings. The summed E-state index contributed by atoms with van der Waals surface area (Å²) in [6, 6.07) is 0. The molecule has 1 rings (SSSR count). The van der Waals surface area contributed by atoms with Gasteiger partial charge in [-0.2, -0.15) is 0 Å². The van der Waals surface area contributed by atoms with Gasteiger partial charge < -0.3 is 15.2 Å². The summed E-state index contributed by atoms with van der Waals surface area (Å²) < 4.78 is 5.35. The van der Waals surface area contributed by atoms with Crippen LogP contribution >= 0.6 is 0 Å². The average molecular weight is 211 g/mol. The third-order valence-electron chi connectivity index (χ3n) is 1.99. The molecule has 0 saturated heterocycles. The highest BCUT2D eigenvalue weighted by Crippen LogP contribution is 2.29. The van der Waals surface area contributed by atoms with E-state index in [0.29, 0.717) is 5.88 Å². The number of aliphatic hydroxyl groups excluding tert-OH is 1. The lowest BCUT2D eigenvalue weighted by Gasteiger charge is -2.15. The first kappa shape index (κ1) is 11.7. The molecule has 0 amide bonds. The van der Waals surface area contributed by atoms with Crippen LogP contribution in [0.2, 0.25) is 0 Å². The van der Waals surface area contributed by atoms with E-state index in [4.69, 9.17) is 9.84 Å². The lowest BCUT2D eigenvalue weighted by atomic mass is 10.1. The Balaban J connectivity index is 3.02. The van der Waals surface area contributed by atoms with E-state index in [1.165, 1.54) is 6.33 Å². The molecule has 2 N–H and O–H groups in total. The van der Waals surface area contributed by atoms with Crippen molar-refractivity contribution in [2.45, 2.75) is 19.8 Å². The molecule has 0 fully saturated rings. The van der Waals surface area contributed by atoms with Gasteiger partial charge in [0.25, 0.3) is 0 Å². The number of anilines is 1. The molecule has 1 heterocycles. The lowest BCUT2D eigenvalue weighted by Crippen LogP contribution is -2.09. The van der Waals surface area contributed by atoms with E-state index >= 15 is 0 Å². The van der Waals surface area contributed by atoms with E-state index in [0.717, 1.165) is 11.4 Å². The lowest BCUT2D eigenvalue weighted by molar-refractivity contribution is 0.195. The third-order valence-corrected chi connectivity index (χ3v) is 1.99. The van der Waals surface area contributed by atoms with E-state index in [-0.39, 0.29) is 19.1 Å². The number of nitrogens with one attached hydrogen (secondary N) is 1. The summed E-state index contributed by atoms with van der Waals surface area (Å²) in [5.41, 5.74) is 0.938. The third kappa shape index (κ3) is 2.79. The summed E-state index contributed by atoms with van der Waals surface area (Å²) in [7, 11) is 1.81. The predicted octanol–water partition coefficient (Wildman–Crippen LogP) is 1.01. The van der Waals surface area contributed by atoms with Gasteiger partial charge in [-0.25, -0.2) is 9.97 Å². The van der Waals surface area contributed by atoms with Gasteiger partial charge in [0, 0.05) is 7.05 Å². The Labute approximate surface area is 89.5 Å². The van der Waals surface area contributed by atoms with Gasteiger partial charge in [0.2, 0.25) is 5.88 Å². The molecule has 5 heteroatoms. The molecule has 0 aliphatic heterocycles. The number of nitrogens with zero attached hydrogens (tertiary/aromatic N) is 2. The standard InChI is InChI=1S/C10H17N3O2/c1-7(2)8-9(11-3)12-6-13-10(8)15-5-4-14/h6-7,14H,4-5H2,1-3H3,(H,11,12,13). The maximum Gasteiger partial charge on any atom is 0.222 e. The zero-order chi connectivity index (χ0) is 11.3. The quantitative estimate of drug-likeness (QED) is 0.761. The summed E-state index contributed by atoms with van der Waals surface area (Å²) in [5, 5.41) is 11.7. The number of rotatable bonds is 5. The molecule has 0 bridgehead atoms. The highest BCUT2D eigenvalue weighted by atomic mass is 16.5. The van der Waals surface area contributed by atoms with Gasteiger partial charge in [-0.1, -0.05) is 13.8 Å². The topological polar surface area (TPSA) is 67.3 Å². The van der Waals surface area contributed by atoms with Gasteiger partial charge in [-0.3, -0.25) is 0 Å². The zero-order valence-electron chi connectivity index (χ0n) is 9.32. The first-order valence-electron chi connectivity index (χ1n) is 4.97. The van der Waals surface area contributed by atoms with Crippen molar-refractivity contribution in [1.29, 1.82) is 0 Å². The Morgan fingerprint density at radius 1 is 1.47 bits per heavy atom. The minimum atomic E-state index is -0.0174. The van der Waals surface area contributed by atoms with Crippen LogP contribution in [0.15, 0.2) is 6.33 Å². The second kappa shape index (κ2) is 5.50. The molecular formula is C10H17N3O2. The van der Waals surface area contributed by atoms with Crippen molar-refractivity contribution in [3.63, 3.8) is 0 Å². The van der Waals surface area contributed by atoms with Crippen LogP contribution in [0.3, 0.4) is 0 Å². The van der Waals surface area contributed by atoms with Crippen LogP contribution in [0.4, 0.5) is 5.82 Å². The molecule has 0 atom stereocenters. The first-order chi connectivity index (χ1) is 7.20. The fraction of sp³-hybridized carbons (Fsp3) is 0.600. The molecule has 0 aromatic carbocycles. The Morgan fingerprint density at radius 3 is 2.73 bits per heavy atom.